The summed E-state index contributed by atoms with van der Waals surface area (Å²) < 4.78 is 10.5. The van der Waals surface area contributed by atoms with Crippen molar-refractivity contribution < 1.29 is 14.1 Å². The van der Waals surface area contributed by atoms with Crippen LogP contribution >= 0.6 is 0 Å². The first-order valence-electron chi connectivity index (χ1n) is 7.88. The fourth-order valence-electron chi connectivity index (χ4n) is 2.31. The Morgan fingerprint density at radius 3 is 2.92 bits per heavy atom. The van der Waals surface area contributed by atoms with E-state index in [1.165, 1.54) is 0 Å². The summed E-state index contributed by atoms with van der Waals surface area (Å²) in [7, 11) is 1.59. The van der Waals surface area contributed by atoms with E-state index >= 15 is 0 Å². The van der Waals surface area contributed by atoms with Crippen molar-refractivity contribution in [1.29, 1.82) is 0 Å². The van der Waals surface area contributed by atoms with E-state index in [1.807, 2.05) is 36.4 Å². The number of amides is 1. The number of ether oxygens (including phenoxy) is 1. The zero-order valence-electron chi connectivity index (χ0n) is 13.8. The maximum absolute atomic E-state index is 11.9. The molecule has 3 rings (SSSR count). The Kier molecular flexibility index (Phi) is 5.36. The molecule has 7 nitrogen and oxygen atoms in total. The average molecular weight is 338 g/mol. The quantitative estimate of drug-likeness (QED) is 0.711. The van der Waals surface area contributed by atoms with Gasteiger partial charge in [0.05, 0.1) is 12.7 Å². The molecule has 1 N–H and O–H groups in total. The van der Waals surface area contributed by atoms with Crippen molar-refractivity contribution in [1.82, 2.24) is 20.4 Å². The first-order chi connectivity index (χ1) is 12.3. The third kappa shape index (κ3) is 4.41. The minimum Gasteiger partial charge on any atom is -0.496 e. The van der Waals surface area contributed by atoms with E-state index in [0.717, 1.165) is 11.1 Å². The van der Waals surface area contributed by atoms with Gasteiger partial charge in [0.15, 0.2) is 0 Å². The zero-order chi connectivity index (χ0) is 17.5. The summed E-state index contributed by atoms with van der Waals surface area (Å²) in [4.78, 5) is 20.3. The smallest absolute Gasteiger partial charge is 0.227 e. The van der Waals surface area contributed by atoms with Crippen LogP contribution < -0.4 is 10.1 Å². The highest BCUT2D eigenvalue weighted by atomic mass is 16.5. The predicted molar refractivity (Wildman–Crippen MR) is 90.7 cm³/mol. The fraction of sp³-hybridized carbons (Fsp3) is 0.222. The summed E-state index contributed by atoms with van der Waals surface area (Å²) in [5.41, 5.74) is 1.70. The van der Waals surface area contributed by atoms with Crippen molar-refractivity contribution in [2.45, 2.75) is 19.4 Å². The van der Waals surface area contributed by atoms with Gasteiger partial charge in [0, 0.05) is 31.8 Å². The molecule has 1 aromatic carbocycles. The van der Waals surface area contributed by atoms with E-state index in [4.69, 9.17) is 9.26 Å². The molecule has 0 radical (unpaired) electrons. The van der Waals surface area contributed by atoms with E-state index in [9.17, 15) is 4.79 Å². The molecule has 2 aromatic heterocycles. The van der Waals surface area contributed by atoms with Crippen LogP contribution in [-0.4, -0.2) is 28.1 Å². The molecule has 0 saturated heterocycles. The number of aromatic nitrogens is 3. The predicted octanol–water partition coefficient (Wildman–Crippen LogP) is 2.39. The SMILES string of the molecule is COc1ccccc1-c1noc(CCC(=O)NCc2cccnc2)n1. The molecular weight excluding hydrogens is 320 g/mol. The molecule has 0 spiro atoms. The molecule has 0 aliphatic rings. The van der Waals surface area contributed by atoms with E-state index in [0.29, 0.717) is 30.4 Å². The minimum atomic E-state index is -0.0825. The zero-order valence-corrected chi connectivity index (χ0v) is 13.8. The van der Waals surface area contributed by atoms with Gasteiger partial charge >= 0.3 is 0 Å². The molecule has 3 aromatic rings. The van der Waals surface area contributed by atoms with Gasteiger partial charge in [-0.15, -0.1) is 0 Å². The summed E-state index contributed by atoms with van der Waals surface area (Å²) in [6.07, 6.45) is 4.06. The molecular formula is C18H18N4O3. The first kappa shape index (κ1) is 16.6. The van der Waals surface area contributed by atoms with Gasteiger partial charge in [-0.05, 0) is 23.8 Å². The average Bonchev–Trinajstić information content (AvgIpc) is 3.14. The van der Waals surface area contributed by atoms with Gasteiger partial charge in [0.1, 0.15) is 5.75 Å². The topological polar surface area (TPSA) is 90.1 Å². The molecule has 2 heterocycles. The van der Waals surface area contributed by atoms with Gasteiger partial charge in [-0.2, -0.15) is 4.98 Å². The van der Waals surface area contributed by atoms with E-state index in [1.54, 1.807) is 19.5 Å². The van der Waals surface area contributed by atoms with Crippen molar-refractivity contribution in [3.63, 3.8) is 0 Å². The lowest BCUT2D eigenvalue weighted by Gasteiger charge is -2.03. The molecule has 0 unspecified atom stereocenters. The third-order valence-electron chi connectivity index (χ3n) is 3.59. The summed E-state index contributed by atoms with van der Waals surface area (Å²) in [5.74, 6) is 1.45. The minimum absolute atomic E-state index is 0.0825. The van der Waals surface area contributed by atoms with Gasteiger partial charge in [-0.3, -0.25) is 9.78 Å². The number of carbonyl (C=O) groups is 1. The second-order valence-corrected chi connectivity index (χ2v) is 5.35. The van der Waals surface area contributed by atoms with Crippen LogP contribution in [0.2, 0.25) is 0 Å². The van der Waals surface area contributed by atoms with Crippen molar-refractivity contribution >= 4 is 5.91 Å². The van der Waals surface area contributed by atoms with Crippen LogP contribution in [0.5, 0.6) is 5.75 Å². The molecule has 0 aliphatic heterocycles. The highest BCUT2D eigenvalue weighted by Gasteiger charge is 2.13. The molecule has 0 atom stereocenters. The van der Waals surface area contributed by atoms with Crippen molar-refractivity contribution in [3.8, 4) is 17.1 Å². The molecule has 0 aliphatic carbocycles. The van der Waals surface area contributed by atoms with Gasteiger partial charge < -0.3 is 14.6 Å². The Hall–Kier alpha value is -3.22. The number of nitrogens with one attached hydrogen (secondary N) is 1. The van der Waals surface area contributed by atoms with Crippen LogP contribution in [-0.2, 0) is 17.8 Å². The fourth-order valence-corrected chi connectivity index (χ4v) is 2.31. The molecule has 0 saturated carbocycles. The number of methoxy groups -OCH3 is 1. The number of hydrogen-bond donors (Lipinski definition) is 1. The third-order valence-corrected chi connectivity index (χ3v) is 3.59. The second-order valence-electron chi connectivity index (χ2n) is 5.35. The number of nitrogens with zero attached hydrogens (tertiary/aromatic N) is 3. The normalized spacial score (nSPS) is 10.4. The molecule has 25 heavy (non-hydrogen) atoms. The largest absolute Gasteiger partial charge is 0.496 e. The number of pyridine rings is 1. The summed E-state index contributed by atoms with van der Waals surface area (Å²) in [6, 6.07) is 11.2. The van der Waals surface area contributed by atoms with Crippen LogP contribution in [0.3, 0.4) is 0 Å². The Morgan fingerprint density at radius 2 is 2.12 bits per heavy atom. The van der Waals surface area contributed by atoms with E-state index < -0.39 is 0 Å². The lowest BCUT2D eigenvalue weighted by Crippen LogP contribution is -2.23. The van der Waals surface area contributed by atoms with Gasteiger partial charge in [0.25, 0.3) is 0 Å². The highest BCUT2D eigenvalue weighted by Crippen LogP contribution is 2.27. The van der Waals surface area contributed by atoms with Crippen molar-refractivity contribution in [2.24, 2.45) is 0 Å². The Bertz CT molecular complexity index is 833. The molecule has 1 amide bonds. The van der Waals surface area contributed by atoms with Gasteiger partial charge in [-0.1, -0.05) is 23.4 Å². The Labute approximate surface area is 145 Å². The van der Waals surface area contributed by atoms with Crippen LogP contribution in [0.1, 0.15) is 17.9 Å². The lowest BCUT2D eigenvalue weighted by molar-refractivity contribution is -0.121. The molecule has 0 fully saturated rings. The Balaban J connectivity index is 1.54. The van der Waals surface area contributed by atoms with Gasteiger partial charge in [0.2, 0.25) is 17.6 Å². The van der Waals surface area contributed by atoms with Crippen LogP contribution in [0.15, 0.2) is 53.3 Å². The molecule has 7 heteroatoms. The second kappa shape index (κ2) is 8.05. The highest BCUT2D eigenvalue weighted by molar-refractivity contribution is 5.76. The number of para-hydroxylation sites is 1. The number of benzene rings is 1. The summed E-state index contributed by atoms with van der Waals surface area (Å²) in [6.45, 7) is 0.447. The maximum atomic E-state index is 11.9. The van der Waals surface area contributed by atoms with Crippen LogP contribution in [0.25, 0.3) is 11.4 Å². The first-order valence-corrected chi connectivity index (χ1v) is 7.88. The van der Waals surface area contributed by atoms with Crippen molar-refractivity contribution in [3.05, 3.63) is 60.2 Å². The summed E-state index contributed by atoms with van der Waals surface area (Å²) >= 11 is 0. The van der Waals surface area contributed by atoms with E-state index in [2.05, 4.69) is 20.4 Å². The number of aryl methyl sites for hydroxylation is 1. The Morgan fingerprint density at radius 1 is 1.24 bits per heavy atom. The standard InChI is InChI=1S/C18H18N4O3/c1-24-15-7-3-2-6-14(15)18-21-17(25-22-18)9-8-16(23)20-12-13-5-4-10-19-11-13/h2-7,10-11H,8-9,12H2,1H3,(H,20,23). The number of hydrogen-bond acceptors (Lipinski definition) is 6. The summed E-state index contributed by atoms with van der Waals surface area (Å²) in [5, 5.41) is 6.80. The van der Waals surface area contributed by atoms with Gasteiger partial charge in [-0.25, -0.2) is 0 Å². The molecule has 128 valence electrons. The van der Waals surface area contributed by atoms with Crippen LogP contribution in [0, 0.1) is 0 Å². The number of rotatable bonds is 7. The molecule has 0 bridgehead atoms. The number of carbonyl (C=O) groups excluding carboxylic acids is 1. The van der Waals surface area contributed by atoms with Crippen molar-refractivity contribution in [2.75, 3.05) is 7.11 Å². The van der Waals surface area contributed by atoms with E-state index in [-0.39, 0.29) is 12.3 Å². The van der Waals surface area contributed by atoms with Crippen LogP contribution in [0.4, 0.5) is 0 Å². The monoisotopic (exact) mass is 338 g/mol. The maximum Gasteiger partial charge on any atom is 0.227 e. The lowest BCUT2D eigenvalue weighted by atomic mass is 10.2.